The standard InChI is InChI=1S/C37H44N6O7/c1-35(2,3)30(41-34(47)50-36(4,5)6)32(45)43-20-24(18-28(43)31(44)42-37(15-16-37)33(46)39-21-38)49-29-19-26(22-11-9-8-10-12-22)40-27-17-23(48-7)13-14-25(27)29/h8-14,17,19,24,28,30H,15-16,18,20H2,1-7H3,(H,39,46)(H,41,47)(H,42,44)/t24-,28?,30-/m1/s1. The summed E-state index contributed by atoms with van der Waals surface area (Å²) >= 11 is 0. The lowest BCUT2D eigenvalue weighted by molar-refractivity contribution is -0.143. The largest absolute Gasteiger partial charge is 0.497 e. The molecule has 0 spiro atoms. The van der Waals surface area contributed by atoms with Gasteiger partial charge in [0.15, 0.2) is 6.19 Å². The summed E-state index contributed by atoms with van der Waals surface area (Å²) in [6, 6.07) is 14.8. The number of carbonyl (C=O) groups is 4. The topological polar surface area (TPSA) is 172 Å². The molecule has 264 valence electrons. The first kappa shape index (κ1) is 35.9. The summed E-state index contributed by atoms with van der Waals surface area (Å²) in [4.78, 5) is 60.2. The third-order valence-corrected chi connectivity index (χ3v) is 8.68. The molecule has 1 aliphatic carbocycles. The van der Waals surface area contributed by atoms with Crippen LogP contribution in [0, 0.1) is 16.9 Å². The summed E-state index contributed by atoms with van der Waals surface area (Å²) in [6.07, 6.45) is 0.999. The van der Waals surface area contributed by atoms with E-state index >= 15 is 0 Å². The zero-order valence-corrected chi connectivity index (χ0v) is 29.5. The number of alkyl carbamates (subject to hydrolysis) is 1. The van der Waals surface area contributed by atoms with Crippen LogP contribution in [0.2, 0.25) is 0 Å². The van der Waals surface area contributed by atoms with Gasteiger partial charge in [0.25, 0.3) is 5.91 Å². The van der Waals surface area contributed by atoms with E-state index < -0.39 is 58.6 Å². The number of rotatable bonds is 9. The second kappa shape index (κ2) is 13.9. The maximum atomic E-state index is 14.4. The maximum Gasteiger partial charge on any atom is 0.408 e. The first-order valence-corrected chi connectivity index (χ1v) is 16.6. The van der Waals surface area contributed by atoms with Gasteiger partial charge in [-0.05, 0) is 51.2 Å². The smallest absolute Gasteiger partial charge is 0.408 e. The molecule has 4 amide bonds. The molecule has 1 aromatic heterocycles. The van der Waals surface area contributed by atoms with Gasteiger partial charge in [-0.3, -0.25) is 19.7 Å². The fraction of sp³-hybridized carbons (Fsp3) is 0.459. The van der Waals surface area contributed by atoms with E-state index in [-0.39, 0.29) is 13.0 Å². The van der Waals surface area contributed by atoms with Crippen molar-refractivity contribution in [2.24, 2.45) is 5.41 Å². The third kappa shape index (κ3) is 8.07. The SMILES string of the molecule is COc1ccc2c(O[C@@H]3CC(C(=O)NC4(C(=O)NC#N)CC4)N(C(=O)[C@@H](NC(=O)OC(C)(C)C)C(C)(C)C)C3)cc(-c3ccccc3)nc2c1. The summed E-state index contributed by atoms with van der Waals surface area (Å²) in [5.74, 6) is -0.551. The number of nitrogens with one attached hydrogen (secondary N) is 3. The number of nitriles is 1. The first-order chi connectivity index (χ1) is 23.5. The van der Waals surface area contributed by atoms with Crippen molar-refractivity contribution in [2.45, 2.75) is 90.1 Å². The monoisotopic (exact) mass is 684 g/mol. The van der Waals surface area contributed by atoms with Crippen LogP contribution in [-0.2, 0) is 19.1 Å². The molecule has 3 atom stereocenters. The first-order valence-electron chi connectivity index (χ1n) is 16.6. The quantitative estimate of drug-likeness (QED) is 0.218. The Kier molecular flexibility index (Phi) is 9.95. The van der Waals surface area contributed by atoms with Crippen molar-refractivity contribution in [3.05, 3.63) is 54.6 Å². The molecule has 0 radical (unpaired) electrons. The highest BCUT2D eigenvalue weighted by atomic mass is 16.6. The van der Waals surface area contributed by atoms with E-state index in [2.05, 4.69) is 16.0 Å². The minimum atomic E-state index is -1.23. The number of hydrogen-bond acceptors (Lipinski definition) is 9. The van der Waals surface area contributed by atoms with Crippen molar-refractivity contribution in [3.8, 4) is 28.9 Å². The van der Waals surface area contributed by atoms with Crippen LogP contribution in [0.15, 0.2) is 54.6 Å². The fourth-order valence-electron chi connectivity index (χ4n) is 5.98. The van der Waals surface area contributed by atoms with Gasteiger partial charge in [0.2, 0.25) is 11.8 Å². The number of fused-ring (bicyclic) bond motifs is 1. The number of carbonyl (C=O) groups excluding carboxylic acids is 4. The van der Waals surface area contributed by atoms with Gasteiger partial charge in [-0.15, -0.1) is 0 Å². The lowest BCUT2D eigenvalue weighted by atomic mass is 9.85. The van der Waals surface area contributed by atoms with Gasteiger partial charge in [0.1, 0.15) is 40.8 Å². The Morgan fingerprint density at radius 1 is 1.02 bits per heavy atom. The van der Waals surface area contributed by atoms with Crippen molar-refractivity contribution in [2.75, 3.05) is 13.7 Å². The number of aromatic nitrogens is 1. The van der Waals surface area contributed by atoms with Crippen LogP contribution in [0.5, 0.6) is 11.5 Å². The second-order valence-corrected chi connectivity index (χ2v) is 14.8. The Hall–Kier alpha value is -5.38. The average molecular weight is 685 g/mol. The van der Waals surface area contributed by atoms with Crippen molar-refractivity contribution >= 4 is 34.7 Å². The highest BCUT2D eigenvalue weighted by Gasteiger charge is 2.54. The number of ether oxygens (including phenoxy) is 3. The Morgan fingerprint density at radius 3 is 2.32 bits per heavy atom. The number of benzene rings is 2. The van der Waals surface area contributed by atoms with Gasteiger partial charge in [0, 0.05) is 29.5 Å². The average Bonchev–Trinajstić information content (AvgIpc) is 3.71. The lowest BCUT2D eigenvalue weighted by Gasteiger charge is -2.35. The Labute approximate surface area is 291 Å². The number of methoxy groups -OCH3 is 1. The third-order valence-electron chi connectivity index (χ3n) is 8.68. The molecule has 1 unspecified atom stereocenters. The van der Waals surface area contributed by atoms with Crippen LogP contribution >= 0.6 is 0 Å². The van der Waals surface area contributed by atoms with E-state index in [1.165, 1.54) is 4.90 Å². The highest BCUT2D eigenvalue weighted by Crippen LogP contribution is 2.38. The van der Waals surface area contributed by atoms with Crippen molar-refractivity contribution in [1.29, 1.82) is 5.26 Å². The minimum Gasteiger partial charge on any atom is -0.497 e. The molecule has 0 bridgehead atoms. The lowest BCUT2D eigenvalue weighted by Crippen LogP contribution is -2.59. The zero-order chi connectivity index (χ0) is 36.4. The van der Waals surface area contributed by atoms with Crippen molar-refractivity contribution in [3.63, 3.8) is 0 Å². The van der Waals surface area contributed by atoms with Gasteiger partial charge >= 0.3 is 6.09 Å². The van der Waals surface area contributed by atoms with E-state index in [9.17, 15) is 19.2 Å². The molecule has 1 saturated heterocycles. The molecule has 5 rings (SSSR count). The van der Waals surface area contributed by atoms with Crippen LogP contribution in [0.3, 0.4) is 0 Å². The molecule has 1 aliphatic heterocycles. The summed E-state index contributed by atoms with van der Waals surface area (Å²) < 4.78 is 17.6. The molecule has 2 aliphatic rings. The predicted octanol–water partition coefficient (Wildman–Crippen LogP) is 4.44. The van der Waals surface area contributed by atoms with Crippen molar-refractivity contribution in [1.82, 2.24) is 25.8 Å². The summed E-state index contributed by atoms with van der Waals surface area (Å²) in [6.45, 7) is 10.6. The van der Waals surface area contributed by atoms with Crippen molar-refractivity contribution < 1.29 is 33.4 Å². The molecule has 50 heavy (non-hydrogen) atoms. The van der Waals surface area contributed by atoms with Crippen LogP contribution in [0.4, 0.5) is 4.79 Å². The summed E-state index contributed by atoms with van der Waals surface area (Å²) in [5.41, 5.74) is -0.644. The molecule has 2 fully saturated rings. The molecule has 1 saturated carbocycles. The van der Waals surface area contributed by atoms with Crippen LogP contribution in [0.25, 0.3) is 22.2 Å². The molecular weight excluding hydrogens is 640 g/mol. The molecule has 2 heterocycles. The maximum absolute atomic E-state index is 14.4. The van der Waals surface area contributed by atoms with Gasteiger partial charge in [-0.25, -0.2) is 9.78 Å². The normalized spacial score (nSPS) is 18.7. The van der Waals surface area contributed by atoms with E-state index in [1.807, 2.05) is 48.5 Å². The van der Waals surface area contributed by atoms with Crippen LogP contribution in [0.1, 0.15) is 60.8 Å². The molecular formula is C37H44N6O7. The fourth-order valence-corrected chi connectivity index (χ4v) is 5.98. The highest BCUT2D eigenvalue weighted by molar-refractivity contribution is 5.98. The number of amides is 4. The predicted molar refractivity (Wildman–Crippen MR) is 185 cm³/mol. The molecule has 3 aromatic rings. The minimum absolute atomic E-state index is 0.0114. The second-order valence-electron chi connectivity index (χ2n) is 14.8. The molecule has 3 N–H and O–H groups in total. The molecule has 13 heteroatoms. The number of hydrogen-bond donors (Lipinski definition) is 3. The van der Waals surface area contributed by atoms with Crippen LogP contribution < -0.4 is 25.4 Å². The number of pyridine rings is 1. The van der Waals surface area contributed by atoms with Gasteiger partial charge in [0.05, 0.1) is 24.9 Å². The molecule has 13 nitrogen and oxygen atoms in total. The summed E-state index contributed by atoms with van der Waals surface area (Å²) in [7, 11) is 1.58. The number of nitrogens with zero attached hydrogens (tertiary/aromatic N) is 3. The van der Waals surface area contributed by atoms with E-state index in [1.54, 1.807) is 60.9 Å². The Morgan fingerprint density at radius 2 is 1.72 bits per heavy atom. The van der Waals surface area contributed by atoms with E-state index in [0.717, 1.165) is 5.56 Å². The zero-order valence-electron chi connectivity index (χ0n) is 29.5. The van der Waals surface area contributed by atoms with Gasteiger partial charge in [-0.1, -0.05) is 51.1 Å². The Bertz CT molecular complexity index is 1820. The van der Waals surface area contributed by atoms with Gasteiger partial charge in [-0.2, -0.15) is 5.26 Å². The molecule has 2 aromatic carbocycles. The number of likely N-dealkylation sites (tertiary alicyclic amines) is 1. The van der Waals surface area contributed by atoms with Crippen LogP contribution in [-0.4, -0.2) is 76.7 Å². The Balaban J connectivity index is 1.50. The summed E-state index contributed by atoms with van der Waals surface area (Å²) in [5, 5.41) is 17.4. The van der Waals surface area contributed by atoms with E-state index in [0.29, 0.717) is 40.9 Å². The van der Waals surface area contributed by atoms with Gasteiger partial charge < -0.3 is 29.7 Å². The van der Waals surface area contributed by atoms with E-state index in [4.69, 9.17) is 24.5 Å².